The second kappa shape index (κ2) is 5.39. The van der Waals surface area contributed by atoms with Gasteiger partial charge in [0.15, 0.2) is 0 Å². The lowest BCUT2D eigenvalue weighted by Crippen LogP contribution is -2.19. The molecule has 0 saturated heterocycles. The molecule has 0 aliphatic rings. The minimum Gasteiger partial charge on any atom is -0.336 e. The molecule has 0 aliphatic heterocycles. The number of rotatable bonds is 4. The zero-order valence-corrected chi connectivity index (χ0v) is 7.25. The lowest BCUT2D eigenvalue weighted by atomic mass is 10.5. The Morgan fingerprint density at radius 3 is 3.17 bits per heavy atom. The van der Waals surface area contributed by atoms with Crippen LogP contribution in [0.5, 0.6) is 0 Å². The Kier molecular flexibility index (Phi) is 3.96. The van der Waals surface area contributed by atoms with Crippen molar-refractivity contribution >= 4 is 0 Å². The first-order chi connectivity index (χ1) is 5.93. The van der Waals surface area contributed by atoms with Crippen LogP contribution in [0.2, 0.25) is 0 Å². The Hall–Kier alpha value is -1.27. The summed E-state index contributed by atoms with van der Waals surface area (Å²) in [6, 6.07) is 0. The third kappa shape index (κ3) is 3.22. The lowest BCUT2D eigenvalue weighted by molar-refractivity contribution is 0.628. The average molecular weight is 163 g/mol. The minimum atomic E-state index is 0.769. The maximum absolute atomic E-state index is 3.94. The van der Waals surface area contributed by atoms with E-state index in [2.05, 4.69) is 22.1 Å². The molecule has 3 nitrogen and oxygen atoms in total. The largest absolute Gasteiger partial charge is 0.336 e. The zero-order chi connectivity index (χ0) is 8.65. The first kappa shape index (κ1) is 8.82. The van der Waals surface area contributed by atoms with E-state index in [-0.39, 0.29) is 0 Å². The molecule has 1 N–H and O–H groups in total. The fourth-order valence-electron chi connectivity index (χ4n) is 0.866. The van der Waals surface area contributed by atoms with Gasteiger partial charge in [-0.25, -0.2) is 4.98 Å². The molecule has 1 heterocycles. The van der Waals surface area contributed by atoms with Crippen LogP contribution in [-0.2, 0) is 6.54 Å². The molecule has 64 valence electrons. The molecule has 1 aromatic rings. The van der Waals surface area contributed by atoms with Gasteiger partial charge in [-0.05, 0) is 6.92 Å². The number of imidazole rings is 1. The molecular weight excluding hydrogens is 150 g/mol. The highest BCUT2D eigenvalue weighted by atomic mass is 15.0. The molecule has 0 saturated carbocycles. The van der Waals surface area contributed by atoms with Crippen LogP contribution in [0.15, 0.2) is 18.7 Å². The van der Waals surface area contributed by atoms with Gasteiger partial charge in [-0.15, -0.1) is 5.92 Å². The van der Waals surface area contributed by atoms with E-state index >= 15 is 0 Å². The second-order valence-electron chi connectivity index (χ2n) is 2.40. The summed E-state index contributed by atoms with van der Waals surface area (Å²) in [4.78, 5) is 3.94. The molecule has 0 aromatic carbocycles. The maximum Gasteiger partial charge on any atom is 0.0946 e. The van der Waals surface area contributed by atoms with Gasteiger partial charge in [-0.3, -0.25) is 0 Å². The van der Waals surface area contributed by atoms with Gasteiger partial charge in [0.05, 0.1) is 12.9 Å². The van der Waals surface area contributed by atoms with E-state index in [4.69, 9.17) is 0 Å². The van der Waals surface area contributed by atoms with Crippen LogP contribution in [0.1, 0.15) is 6.92 Å². The summed E-state index contributed by atoms with van der Waals surface area (Å²) in [6.45, 7) is 4.50. The molecule has 1 aromatic heterocycles. The summed E-state index contributed by atoms with van der Waals surface area (Å²) in [7, 11) is 0. The van der Waals surface area contributed by atoms with Gasteiger partial charge in [0, 0.05) is 25.5 Å². The highest BCUT2D eigenvalue weighted by Gasteiger charge is 1.87. The molecule has 1 rings (SSSR count). The molecular formula is C9H13N3. The number of nitrogens with one attached hydrogen (secondary N) is 1. The van der Waals surface area contributed by atoms with Crippen LogP contribution < -0.4 is 5.32 Å². The van der Waals surface area contributed by atoms with Gasteiger partial charge in [-0.2, -0.15) is 0 Å². The molecule has 3 heteroatoms. The molecule has 0 atom stereocenters. The van der Waals surface area contributed by atoms with Gasteiger partial charge in [0.2, 0.25) is 0 Å². The minimum absolute atomic E-state index is 0.769. The molecule has 0 aliphatic carbocycles. The average Bonchev–Trinajstić information content (AvgIpc) is 2.57. The first-order valence-corrected chi connectivity index (χ1v) is 3.99. The third-order valence-electron chi connectivity index (χ3n) is 1.50. The first-order valence-electron chi connectivity index (χ1n) is 3.99. The molecule has 0 unspecified atom stereocenters. The number of hydrogen-bond acceptors (Lipinski definition) is 2. The van der Waals surface area contributed by atoms with Gasteiger partial charge >= 0.3 is 0 Å². The van der Waals surface area contributed by atoms with Crippen molar-refractivity contribution in [2.24, 2.45) is 0 Å². The van der Waals surface area contributed by atoms with Crippen molar-refractivity contribution in [2.45, 2.75) is 13.5 Å². The van der Waals surface area contributed by atoms with Crippen molar-refractivity contribution in [2.75, 3.05) is 13.1 Å². The quantitative estimate of drug-likeness (QED) is 0.517. The fraction of sp³-hybridized carbons (Fsp3) is 0.444. The van der Waals surface area contributed by atoms with Crippen LogP contribution in [0, 0.1) is 11.8 Å². The van der Waals surface area contributed by atoms with E-state index in [0.717, 1.165) is 19.6 Å². The summed E-state index contributed by atoms with van der Waals surface area (Å²) in [5.74, 6) is 5.77. The maximum atomic E-state index is 3.94. The normalized spacial score (nSPS) is 9.08. The van der Waals surface area contributed by atoms with Crippen molar-refractivity contribution in [3.8, 4) is 11.8 Å². The van der Waals surface area contributed by atoms with E-state index in [1.54, 1.807) is 6.20 Å². The summed E-state index contributed by atoms with van der Waals surface area (Å²) in [5.41, 5.74) is 0. The highest BCUT2D eigenvalue weighted by Crippen LogP contribution is 1.82. The SMILES string of the molecule is CC#CCNCCn1ccnc1. The summed E-state index contributed by atoms with van der Waals surface area (Å²) in [5, 5.41) is 3.20. The van der Waals surface area contributed by atoms with Gasteiger partial charge < -0.3 is 9.88 Å². The number of aromatic nitrogens is 2. The summed E-state index contributed by atoms with van der Waals surface area (Å²) < 4.78 is 2.03. The monoisotopic (exact) mass is 163 g/mol. The van der Waals surface area contributed by atoms with E-state index in [1.807, 2.05) is 24.0 Å². The summed E-state index contributed by atoms with van der Waals surface area (Å²) in [6.07, 6.45) is 5.55. The van der Waals surface area contributed by atoms with Gasteiger partial charge in [0.1, 0.15) is 0 Å². The third-order valence-corrected chi connectivity index (χ3v) is 1.50. The Balaban J connectivity index is 2.06. The molecule has 0 fully saturated rings. The molecule has 0 bridgehead atoms. The Morgan fingerprint density at radius 2 is 2.50 bits per heavy atom. The Morgan fingerprint density at radius 1 is 1.58 bits per heavy atom. The van der Waals surface area contributed by atoms with Crippen LogP contribution in [-0.4, -0.2) is 22.6 Å². The van der Waals surface area contributed by atoms with E-state index in [9.17, 15) is 0 Å². The van der Waals surface area contributed by atoms with E-state index in [0.29, 0.717) is 0 Å². The highest BCUT2D eigenvalue weighted by molar-refractivity contribution is 4.96. The van der Waals surface area contributed by atoms with Crippen LogP contribution in [0.4, 0.5) is 0 Å². The lowest BCUT2D eigenvalue weighted by Gasteiger charge is -2.00. The van der Waals surface area contributed by atoms with Crippen molar-refractivity contribution < 1.29 is 0 Å². The molecule has 0 radical (unpaired) electrons. The van der Waals surface area contributed by atoms with E-state index < -0.39 is 0 Å². The smallest absolute Gasteiger partial charge is 0.0946 e. The summed E-state index contributed by atoms with van der Waals surface area (Å²) >= 11 is 0. The van der Waals surface area contributed by atoms with Gasteiger partial charge in [-0.1, -0.05) is 5.92 Å². The molecule has 0 spiro atoms. The Labute approximate surface area is 72.8 Å². The Bertz CT molecular complexity index is 253. The van der Waals surface area contributed by atoms with Crippen molar-refractivity contribution in [3.63, 3.8) is 0 Å². The molecule has 12 heavy (non-hydrogen) atoms. The van der Waals surface area contributed by atoms with Crippen molar-refractivity contribution in [1.29, 1.82) is 0 Å². The fourth-order valence-corrected chi connectivity index (χ4v) is 0.866. The van der Waals surface area contributed by atoms with Gasteiger partial charge in [0.25, 0.3) is 0 Å². The predicted octanol–water partition coefficient (Wildman–Crippen LogP) is 0.496. The van der Waals surface area contributed by atoms with Crippen LogP contribution in [0.3, 0.4) is 0 Å². The van der Waals surface area contributed by atoms with Crippen LogP contribution in [0.25, 0.3) is 0 Å². The van der Waals surface area contributed by atoms with Crippen LogP contribution >= 0.6 is 0 Å². The second-order valence-corrected chi connectivity index (χ2v) is 2.40. The number of hydrogen-bond donors (Lipinski definition) is 1. The number of nitrogens with zero attached hydrogens (tertiary/aromatic N) is 2. The molecule has 0 amide bonds. The van der Waals surface area contributed by atoms with Crippen molar-refractivity contribution in [3.05, 3.63) is 18.7 Å². The topological polar surface area (TPSA) is 29.9 Å². The van der Waals surface area contributed by atoms with Crippen molar-refractivity contribution in [1.82, 2.24) is 14.9 Å². The predicted molar refractivity (Wildman–Crippen MR) is 48.5 cm³/mol. The van der Waals surface area contributed by atoms with E-state index in [1.165, 1.54) is 0 Å². The zero-order valence-electron chi connectivity index (χ0n) is 7.25. The standard InChI is InChI=1S/C9H13N3/c1-2-3-4-10-5-7-12-8-6-11-9-12/h6,8-10H,4-5,7H2,1H3.